The Labute approximate surface area is 172 Å². The number of nitrogens with two attached hydrogens (primary N) is 1. The van der Waals surface area contributed by atoms with Crippen LogP contribution < -0.4 is 5.73 Å². The van der Waals surface area contributed by atoms with Crippen molar-refractivity contribution < 1.29 is 51.7 Å². The SMILES string of the molecule is Nc1ncnc2c1ncn2[C@@H]1O[C@H](COP(O)(=S)OP(=O)(O)OP(=O)(O)O)C[C@H]1O. The number of aliphatic hydroxyl groups excluding tert-OH is 1. The van der Waals surface area contributed by atoms with Crippen LogP contribution in [-0.2, 0) is 38.8 Å². The fourth-order valence-corrected chi connectivity index (χ4v) is 6.61. The summed E-state index contributed by atoms with van der Waals surface area (Å²) in [6, 6.07) is 0. The van der Waals surface area contributed by atoms with Gasteiger partial charge in [0.25, 0.3) is 0 Å². The summed E-state index contributed by atoms with van der Waals surface area (Å²) in [6.07, 6.45) is -0.280. The van der Waals surface area contributed by atoms with Gasteiger partial charge in [-0.2, -0.15) is 4.31 Å². The van der Waals surface area contributed by atoms with Crippen molar-refractivity contribution in [2.24, 2.45) is 0 Å². The van der Waals surface area contributed by atoms with Crippen molar-refractivity contribution in [3.8, 4) is 0 Å². The van der Waals surface area contributed by atoms with Crippen molar-refractivity contribution in [1.82, 2.24) is 19.5 Å². The highest BCUT2D eigenvalue weighted by molar-refractivity contribution is 8.08. The molecule has 3 rings (SSSR count). The minimum absolute atomic E-state index is 0.00993. The highest BCUT2D eigenvalue weighted by Gasteiger charge is 2.40. The molecule has 2 aromatic rings. The third-order valence-electron chi connectivity index (χ3n) is 3.67. The first-order chi connectivity index (χ1) is 13.8. The molecule has 1 aliphatic rings. The van der Waals surface area contributed by atoms with Gasteiger partial charge in [0, 0.05) is 6.42 Å². The topological polar surface area (TPSA) is 242 Å². The molecule has 168 valence electrons. The molecule has 0 spiro atoms. The molecule has 30 heavy (non-hydrogen) atoms. The van der Waals surface area contributed by atoms with Gasteiger partial charge in [-0.3, -0.25) is 4.57 Å². The van der Waals surface area contributed by atoms with Gasteiger partial charge in [0.2, 0.25) is 0 Å². The van der Waals surface area contributed by atoms with Crippen LogP contribution in [0.1, 0.15) is 12.6 Å². The predicted molar refractivity (Wildman–Crippen MR) is 101 cm³/mol. The molecule has 3 heterocycles. The molecule has 5 atom stereocenters. The Morgan fingerprint density at radius 3 is 2.60 bits per heavy atom. The predicted octanol–water partition coefficient (Wildman–Crippen LogP) is -0.483. The van der Waals surface area contributed by atoms with Crippen LogP contribution in [0, 0.1) is 0 Å². The molecule has 0 amide bonds. The summed E-state index contributed by atoms with van der Waals surface area (Å²) in [5, 5.41) is 10.3. The van der Waals surface area contributed by atoms with Crippen LogP contribution in [0.5, 0.6) is 0 Å². The zero-order valence-corrected chi connectivity index (χ0v) is 18.1. The number of nitrogen functional groups attached to an aromatic ring is 1. The van der Waals surface area contributed by atoms with Gasteiger partial charge in [-0.25, -0.2) is 28.4 Å². The number of anilines is 1. The molecular formula is C10H16N5O11P3S. The van der Waals surface area contributed by atoms with Gasteiger partial charge < -0.3 is 39.7 Å². The number of phosphoric acid groups is 2. The number of rotatable bonds is 8. The number of fused-ring (bicyclic) bond motifs is 1. The summed E-state index contributed by atoms with van der Waals surface area (Å²) in [6.45, 7) is -4.95. The summed E-state index contributed by atoms with van der Waals surface area (Å²) in [5.74, 6) is 0.134. The van der Waals surface area contributed by atoms with Crippen LogP contribution >= 0.6 is 22.4 Å². The number of ether oxygens (including phenoxy) is 1. The van der Waals surface area contributed by atoms with Gasteiger partial charge in [-0.05, 0) is 11.8 Å². The van der Waals surface area contributed by atoms with Crippen LogP contribution in [0.4, 0.5) is 5.82 Å². The molecule has 1 fully saturated rings. The standard InChI is InChI=1S/C10H16N5O11P3S/c11-8-7-9(13-3-12-8)15(4-14-7)10-6(16)1-5(24-10)2-23-29(22,30)26-28(20,21)25-27(17,18)19/h3-6,10,16H,1-2H2,(H,20,21)(H,22,30)(H2,11,12,13)(H2,17,18,19)/t5-,6+,10+,29?/m0/s1. The van der Waals surface area contributed by atoms with E-state index >= 15 is 0 Å². The van der Waals surface area contributed by atoms with Crippen molar-refractivity contribution in [1.29, 1.82) is 0 Å². The Morgan fingerprint density at radius 1 is 1.23 bits per heavy atom. The van der Waals surface area contributed by atoms with Gasteiger partial charge in [-0.15, -0.1) is 0 Å². The van der Waals surface area contributed by atoms with E-state index in [1.54, 1.807) is 0 Å². The molecule has 0 radical (unpaired) electrons. The van der Waals surface area contributed by atoms with Crippen LogP contribution in [-0.4, -0.2) is 63.0 Å². The first kappa shape index (κ1) is 23.8. The van der Waals surface area contributed by atoms with Gasteiger partial charge in [-0.1, -0.05) is 0 Å². The highest BCUT2D eigenvalue weighted by atomic mass is 32.5. The van der Waals surface area contributed by atoms with E-state index in [9.17, 15) is 24.0 Å². The maximum atomic E-state index is 11.5. The van der Waals surface area contributed by atoms with Gasteiger partial charge in [0.05, 0.1) is 19.0 Å². The van der Waals surface area contributed by atoms with Crippen molar-refractivity contribution in [2.45, 2.75) is 24.9 Å². The van der Waals surface area contributed by atoms with E-state index in [1.165, 1.54) is 17.2 Å². The largest absolute Gasteiger partial charge is 0.488 e. The molecule has 2 aromatic heterocycles. The van der Waals surface area contributed by atoms with Crippen molar-refractivity contribution in [2.75, 3.05) is 12.3 Å². The van der Waals surface area contributed by atoms with Crippen LogP contribution in [0.15, 0.2) is 12.7 Å². The lowest BCUT2D eigenvalue weighted by molar-refractivity contribution is -0.0467. The minimum Gasteiger partial charge on any atom is -0.388 e. The zero-order valence-electron chi connectivity index (χ0n) is 14.6. The maximum Gasteiger partial charge on any atom is 0.488 e. The third kappa shape index (κ3) is 5.87. The van der Waals surface area contributed by atoms with E-state index in [0.717, 1.165) is 0 Å². The lowest BCUT2D eigenvalue weighted by Crippen LogP contribution is -2.19. The molecule has 16 nitrogen and oxygen atoms in total. The Balaban J connectivity index is 1.63. The zero-order chi connectivity index (χ0) is 22.3. The average molecular weight is 507 g/mol. The van der Waals surface area contributed by atoms with Crippen LogP contribution in [0.2, 0.25) is 0 Å². The molecular weight excluding hydrogens is 491 g/mol. The second-order valence-electron chi connectivity index (χ2n) is 5.92. The normalized spacial score (nSPS) is 26.5. The van der Waals surface area contributed by atoms with E-state index in [1.807, 2.05) is 0 Å². The second kappa shape index (κ2) is 8.56. The number of aromatic nitrogens is 4. The van der Waals surface area contributed by atoms with E-state index in [-0.39, 0.29) is 12.2 Å². The van der Waals surface area contributed by atoms with Crippen LogP contribution in [0.3, 0.4) is 0 Å². The highest BCUT2D eigenvalue weighted by Crippen LogP contribution is 2.66. The van der Waals surface area contributed by atoms with Gasteiger partial charge >= 0.3 is 22.4 Å². The first-order valence-corrected chi connectivity index (χ1v) is 13.4. The molecule has 0 aliphatic carbocycles. The second-order valence-corrected chi connectivity index (χ2v) is 11.7. The Morgan fingerprint density at radius 2 is 1.93 bits per heavy atom. The lowest BCUT2D eigenvalue weighted by Gasteiger charge is -2.20. The summed E-state index contributed by atoms with van der Waals surface area (Å²) >= 11 is 4.52. The lowest BCUT2D eigenvalue weighted by atomic mass is 10.2. The van der Waals surface area contributed by atoms with E-state index in [4.69, 9.17) is 24.8 Å². The number of hydrogen-bond donors (Lipinski definition) is 6. The number of aliphatic hydroxyl groups is 1. The summed E-state index contributed by atoms with van der Waals surface area (Å²) in [4.78, 5) is 48.1. The molecule has 2 unspecified atom stereocenters. The third-order valence-corrected chi connectivity index (χ3v) is 8.38. The van der Waals surface area contributed by atoms with E-state index < -0.39 is 47.4 Å². The average Bonchev–Trinajstić information content (AvgIpc) is 3.13. The fraction of sp³-hybridized carbons (Fsp3) is 0.500. The minimum atomic E-state index is -5.41. The first-order valence-electron chi connectivity index (χ1n) is 7.81. The quantitative estimate of drug-likeness (QED) is 0.247. The Hall–Kier alpha value is -0.900. The van der Waals surface area contributed by atoms with Gasteiger partial charge in [0.15, 0.2) is 17.7 Å². The molecule has 0 saturated carbocycles. The molecule has 1 saturated heterocycles. The van der Waals surface area contributed by atoms with Crippen molar-refractivity contribution >= 4 is 51.2 Å². The molecule has 0 aromatic carbocycles. The molecule has 1 aliphatic heterocycles. The summed E-state index contributed by atoms with van der Waals surface area (Å²) in [5.41, 5.74) is 6.32. The van der Waals surface area contributed by atoms with E-state index in [0.29, 0.717) is 11.2 Å². The van der Waals surface area contributed by atoms with E-state index in [2.05, 4.69) is 35.4 Å². The Bertz CT molecular complexity index is 1080. The number of hydrogen-bond acceptors (Lipinski definition) is 12. The van der Waals surface area contributed by atoms with Crippen molar-refractivity contribution in [3.05, 3.63) is 12.7 Å². The molecule has 7 N–H and O–H groups in total. The maximum absolute atomic E-state index is 11.5. The molecule has 20 heteroatoms. The smallest absolute Gasteiger partial charge is 0.388 e. The Kier molecular flexibility index (Phi) is 6.78. The fourth-order valence-electron chi connectivity index (χ4n) is 2.62. The summed E-state index contributed by atoms with van der Waals surface area (Å²) in [7, 11) is -10.8. The summed E-state index contributed by atoms with van der Waals surface area (Å²) < 4.78 is 41.7. The van der Waals surface area contributed by atoms with Crippen LogP contribution in [0.25, 0.3) is 11.2 Å². The number of nitrogens with zero attached hydrogens (tertiary/aromatic N) is 4. The van der Waals surface area contributed by atoms with Gasteiger partial charge in [0.1, 0.15) is 17.9 Å². The molecule has 0 bridgehead atoms. The monoisotopic (exact) mass is 507 g/mol. The number of imidazole rings is 1. The van der Waals surface area contributed by atoms with Crippen molar-refractivity contribution in [3.63, 3.8) is 0 Å².